The first kappa shape index (κ1) is 23.2. The topological polar surface area (TPSA) is 78.7 Å². The molecule has 9 nitrogen and oxygen atoms in total. The monoisotopic (exact) mass is 504 g/mol. The fourth-order valence-electron chi connectivity index (χ4n) is 4.57. The number of imidazole rings is 2. The summed E-state index contributed by atoms with van der Waals surface area (Å²) in [6, 6.07) is 5.01. The Morgan fingerprint density at radius 1 is 1.09 bits per heavy atom. The van der Waals surface area contributed by atoms with Crippen LogP contribution in [0.3, 0.4) is 0 Å². The molecule has 0 N–H and O–H groups in total. The van der Waals surface area contributed by atoms with E-state index in [-0.39, 0.29) is 6.54 Å². The van der Waals surface area contributed by atoms with Gasteiger partial charge in [0.1, 0.15) is 0 Å². The molecule has 3 aromatic heterocycles. The van der Waals surface area contributed by atoms with Gasteiger partial charge in [-0.05, 0) is 31.0 Å². The first-order valence-electron chi connectivity index (χ1n) is 11.3. The number of ether oxygens (including phenoxy) is 1. The molecule has 0 saturated carbocycles. The average Bonchev–Trinajstić information content (AvgIpc) is 3.33. The van der Waals surface area contributed by atoms with Crippen LogP contribution in [0.25, 0.3) is 16.9 Å². The number of rotatable bonds is 6. The second-order valence-electron chi connectivity index (χ2n) is 8.65. The average molecular weight is 505 g/mol. The molecule has 0 amide bonds. The van der Waals surface area contributed by atoms with Crippen LogP contribution in [0.5, 0.6) is 0 Å². The maximum absolute atomic E-state index is 13.5. The maximum Gasteiger partial charge on any atom is 0.332 e. The fourth-order valence-corrected chi connectivity index (χ4v) is 5.04. The highest BCUT2D eigenvalue weighted by molar-refractivity contribution is 6.35. The summed E-state index contributed by atoms with van der Waals surface area (Å²) < 4.78 is 11.9. The number of aryl methyl sites for hydroxylation is 3. The van der Waals surface area contributed by atoms with E-state index < -0.39 is 11.2 Å². The molecule has 180 valence electrons. The predicted molar refractivity (Wildman–Crippen MR) is 132 cm³/mol. The van der Waals surface area contributed by atoms with Gasteiger partial charge in [0.25, 0.3) is 5.56 Å². The maximum atomic E-state index is 13.5. The van der Waals surface area contributed by atoms with Crippen molar-refractivity contribution >= 4 is 40.1 Å². The van der Waals surface area contributed by atoms with Crippen LogP contribution in [0.15, 0.2) is 34.0 Å². The molecule has 0 radical (unpaired) electrons. The predicted octanol–water partition coefficient (Wildman–Crippen LogP) is 2.54. The molecule has 4 heterocycles. The molecule has 34 heavy (non-hydrogen) atoms. The zero-order valence-electron chi connectivity index (χ0n) is 19.1. The molecule has 0 atom stereocenters. The Balaban J connectivity index is 1.53. The number of fused-ring (bicyclic) bond motifs is 3. The highest BCUT2D eigenvalue weighted by atomic mass is 35.5. The Bertz CT molecular complexity index is 1490. The molecular weight excluding hydrogens is 479 g/mol. The normalized spacial score (nSPS) is 15.1. The molecule has 1 aliphatic rings. The lowest BCUT2D eigenvalue weighted by Crippen LogP contribution is -2.39. The minimum Gasteiger partial charge on any atom is -0.379 e. The summed E-state index contributed by atoms with van der Waals surface area (Å²) in [5, 5.41) is 0.898. The molecule has 11 heteroatoms. The van der Waals surface area contributed by atoms with Gasteiger partial charge in [-0.2, -0.15) is 4.98 Å². The van der Waals surface area contributed by atoms with E-state index in [0.717, 1.165) is 51.5 Å². The number of benzene rings is 1. The smallest absolute Gasteiger partial charge is 0.332 e. The summed E-state index contributed by atoms with van der Waals surface area (Å²) >= 11 is 12.3. The van der Waals surface area contributed by atoms with Crippen molar-refractivity contribution in [3.05, 3.63) is 66.5 Å². The SMILES string of the molecule is Cc1cn2c3c(=O)n(Cc4ccc(Cl)cc4Cl)c(=O)n(C)c3nc2n1CCCN1CCOCC1. The van der Waals surface area contributed by atoms with Crippen molar-refractivity contribution in [3.63, 3.8) is 0 Å². The van der Waals surface area contributed by atoms with Crippen LogP contribution in [-0.2, 0) is 24.9 Å². The van der Waals surface area contributed by atoms with Gasteiger partial charge in [-0.3, -0.25) is 23.2 Å². The number of aromatic nitrogens is 5. The van der Waals surface area contributed by atoms with Crippen LogP contribution in [0.1, 0.15) is 17.7 Å². The third kappa shape index (κ3) is 4.07. The lowest BCUT2D eigenvalue weighted by Gasteiger charge is -2.26. The van der Waals surface area contributed by atoms with E-state index in [1.807, 2.05) is 13.1 Å². The van der Waals surface area contributed by atoms with Crippen molar-refractivity contribution in [1.82, 2.24) is 28.0 Å². The van der Waals surface area contributed by atoms with Gasteiger partial charge in [0.15, 0.2) is 11.2 Å². The van der Waals surface area contributed by atoms with Gasteiger partial charge in [0.05, 0.1) is 19.8 Å². The lowest BCUT2D eigenvalue weighted by atomic mass is 10.2. The molecule has 0 bridgehead atoms. The quantitative estimate of drug-likeness (QED) is 0.403. The van der Waals surface area contributed by atoms with E-state index >= 15 is 0 Å². The summed E-state index contributed by atoms with van der Waals surface area (Å²) in [6.45, 7) is 7.25. The first-order chi connectivity index (χ1) is 16.3. The van der Waals surface area contributed by atoms with Gasteiger partial charge >= 0.3 is 5.69 Å². The summed E-state index contributed by atoms with van der Waals surface area (Å²) in [5.41, 5.74) is 1.54. The molecule has 1 saturated heterocycles. The van der Waals surface area contributed by atoms with Gasteiger partial charge in [-0.1, -0.05) is 29.3 Å². The minimum absolute atomic E-state index is 0.0456. The molecule has 1 aromatic carbocycles. The standard InChI is InChI=1S/C23H26Cl2N6O3/c1-15-13-30-19-20(26-22(30)29(15)7-3-6-28-8-10-34-11-9-28)27(2)23(33)31(21(19)32)14-16-4-5-17(24)12-18(16)25/h4-5,12-13H,3,6-11,14H2,1-2H3. The largest absolute Gasteiger partial charge is 0.379 e. The van der Waals surface area contributed by atoms with E-state index in [9.17, 15) is 9.59 Å². The highest BCUT2D eigenvalue weighted by Crippen LogP contribution is 2.22. The van der Waals surface area contributed by atoms with Crippen LogP contribution in [0.4, 0.5) is 0 Å². The summed E-state index contributed by atoms with van der Waals surface area (Å²) in [5.74, 6) is 0.656. The molecule has 4 aromatic rings. The van der Waals surface area contributed by atoms with Crippen molar-refractivity contribution in [2.45, 2.75) is 26.4 Å². The van der Waals surface area contributed by atoms with E-state index in [4.69, 9.17) is 32.9 Å². The van der Waals surface area contributed by atoms with Gasteiger partial charge in [0.2, 0.25) is 5.78 Å². The first-order valence-corrected chi connectivity index (χ1v) is 12.0. The van der Waals surface area contributed by atoms with Crippen LogP contribution >= 0.6 is 23.2 Å². The number of morpholine rings is 1. The third-order valence-corrected chi connectivity index (χ3v) is 7.03. The van der Waals surface area contributed by atoms with E-state index in [2.05, 4.69) is 9.47 Å². The Hall–Kier alpha value is -2.59. The zero-order chi connectivity index (χ0) is 24.0. The Labute approximate surface area is 205 Å². The van der Waals surface area contributed by atoms with Gasteiger partial charge in [-0.15, -0.1) is 0 Å². The fraction of sp³-hybridized carbons (Fsp3) is 0.435. The van der Waals surface area contributed by atoms with Crippen LogP contribution in [0, 0.1) is 6.92 Å². The Kier molecular flexibility index (Phi) is 6.28. The molecule has 5 rings (SSSR count). The van der Waals surface area contributed by atoms with Crippen molar-refractivity contribution in [2.75, 3.05) is 32.8 Å². The molecule has 0 aliphatic carbocycles. The highest BCUT2D eigenvalue weighted by Gasteiger charge is 2.21. The second kappa shape index (κ2) is 9.22. The van der Waals surface area contributed by atoms with E-state index in [0.29, 0.717) is 32.6 Å². The molecule has 0 spiro atoms. The molecular formula is C23H26Cl2N6O3. The Morgan fingerprint density at radius 2 is 1.85 bits per heavy atom. The van der Waals surface area contributed by atoms with E-state index in [1.54, 1.807) is 29.6 Å². The third-order valence-electron chi connectivity index (χ3n) is 6.44. The van der Waals surface area contributed by atoms with Crippen molar-refractivity contribution in [1.29, 1.82) is 0 Å². The van der Waals surface area contributed by atoms with Crippen LogP contribution in [0.2, 0.25) is 10.0 Å². The summed E-state index contributed by atoms with van der Waals surface area (Å²) in [7, 11) is 1.63. The van der Waals surface area contributed by atoms with Crippen LogP contribution in [-0.4, -0.2) is 60.8 Å². The molecule has 1 fully saturated rings. The molecule has 1 aliphatic heterocycles. The second-order valence-corrected chi connectivity index (χ2v) is 9.50. The van der Waals surface area contributed by atoms with Crippen LogP contribution < -0.4 is 11.2 Å². The van der Waals surface area contributed by atoms with Crippen molar-refractivity contribution in [2.24, 2.45) is 7.05 Å². The van der Waals surface area contributed by atoms with Gasteiger partial charge < -0.3 is 9.30 Å². The number of nitrogens with zero attached hydrogens (tertiary/aromatic N) is 6. The number of halogens is 2. The van der Waals surface area contributed by atoms with Crippen molar-refractivity contribution in [3.8, 4) is 0 Å². The summed E-state index contributed by atoms with van der Waals surface area (Å²) in [4.78, 5) is 33.7. The van der Waals surface area contributed by atoms with E-state index in [1.165, 1.54) is 9.13 Å². The van der Waals surface area contributed by atoms with Gasteiger partial charge in [-0.25, -0.2) is 4.79 Å². The Morgan fingerprint density at radius 3 is 2.59 bits per heavy atom. The zero-order valence-corrected chi connectivity index (χ0v) is 20.6. The summed E-state index contributed by atoms with van der Waals surface area (Å²) in [6.07, 6.45) is 2.86. The lowest BCUT2D eigenvalue weighted by molar-refractivity contribution is 0.0369. The molecule has 0 unspecified atom stereocenters. The minimum atomic E-state index is -0.445. The van der Waals surface area contributed by atoms with Gasteiger partial charge in [0, 0.05) is 55.2 Å². The number of hydrogen-bond acceptors (Lipinski definition) is 5. The number of hydrogen-bond donors (Lipinski definition) is 0. The van der Waals surface area contributed by atoms with Crippen molar-refractivity contribution < 1.29 is 4.74 Å².